The molecule has 0 saturated carbocycles. The van der Waals surface area contributed by atoms with Crippen LogP contribution in [0.3, 0.4) is 0 Å². The summed E-state index contributed by atoms with van der Waals surface area (Å²) in [4.78, 5) is 19.6. The molecule has 1 unspecified atom stereocenters. The van der Waals surface area contributed by atoms with Crippen LogP contribution in [0.4, 0.5) is 11.4 Å². The third kappa shape index (κ3) is 3.27. The molecule has 29 heavy (non-hydrogen) atoms. The fourth-order valence-electron chi connectivity index (χ4n) is 3.67. The minimum Gasteiger partial charge on any atom is -0.497 e. The van der Waals surface area contributed by atoms with Gasteiger partial charge in [-0.2, -0.15) is 0 Å². The number of methoxy groups -OCH3 is 2. The molecule has 0 saturated heterocycles. The van der Waals surface area contributed by atoms with Crippen LogP contribution in [0, 0.1) is 0 Å². The first-order valence-electron chi connectivity index (χ1n) is 9.52. The molecule has 0 fully saturated rings. The van der Waals surface area contributed by atoms with Gasteiger partial charge in [0, 0.05) is 18.0 Å². The lowest BCUT2D eigenvalue weighted by atomic mass is 10.1. The number of carbonyl (C=O) groups is 1. The first kappa shape index (κ1) is 18.8. The number of benzene rings is 2. The normalized spacial score (nSPS) is 15.2. The number of amides is 1. The molecule has 3 aromatic rings. The average molecular weight is 389 g/mol. The highest BCUT2D eigenvalue weighted by Crippen LogP contribution is 2.42. The van der Waals surface area contributed by atoms with E-state index in [1.165, 1.54) is 5.56 Å². The van der Waals surface area contributed by atoms with Crippen molar-refractivity contribution in [3.63, 3.8) is 0 Å². The Hall–Kier alpha value is -3.54. The molecule has 1 amide bonds. The van der Waals surface area contributed by atoms with Crippen molar-refractivity contribution < 1.29 is 14.3 Å². The van der Waals surface area contributed by atoms with Crippen LogP contribution in [-0.2, 0) is 6.42 Å². The molecule has 6 nitrogen and oxygen atoms in total. The van der Waals surface area contributed by atoms with Crippen molar-refractivity contribution in [1.29, 1.82) is 0 Å². The Kier molecular flexibility index (Phi) is 5.08. The van der Waals surface area contributed by atoms with Crippen LogP contribution in [0.2, 0.25) is 0 Å². The van der Waals surface area contributed by atoms with E-state index < -0.39 is 6.17 Å². The summed E-state index contributed by atoms with van der Waals surface area (Å²) in [6.07, 6.45) is 2.12. The molecule has 1 aromatic heterocycles. The van der Waals surface area contributed by atoms with Crippen LogP contribution in [0.15, 0.2) is 60.8 Å². The average Bonchev–Trinajstić information content (AvgIpc) is 3.05. The summed E-state index contributed by atoms with van der Waals surface area (Å²) in [7, 11) is 3.19. The number of nitrogens with zero attached hydrogens (tertiary/aromatic N) is 2. The van der Waals surface area contributed by atoms with Crippen molar-refractivity contribution in [1.82, 2.24) is 4.98 Å². The Labute approximate surface area is 170 Å². The number of pyridine rings is 1. The van der Waals surface area contributed by atoms with Crippen LogP contribution in [0.5, 0.6) is 11.5 Å². The van der Waals surface area contributed by atoms with Gasteiger partial charge >= 0.3 is 0 Å². The minimum absolute atomic E-state index is 0.133. The predicted octanol–water partition coefficient (Wildman–Crippen LogP) is 4.43. The molecule has 2 heterocycles. The van der Waals surface area contributed by atoms with Gasteiger partial charge in [-0.1, -0.05) is 25.1 Å². The number of hydrogen-bond acceptors (Lipinski definition) is 5. The maximum atomic E-state index is 13.4. The number of rotatable bonds is 6. The lowest BCUT2D eigenvalue weighted by Crippen LogP contribution is -2.33. The molecular formula is C23H23N3O3. The van der Waals surface area contributed by atoms with Gasteiger partial charge in [0.2, 0.25) is 0 Å². The molecule has 1 aliphatic heterocycles. The van der Waals surface area contributed by atoms with E-state index in [0.29, 0.717) is 28.4 Å². The van der Waals surface area contributed by atoms with Crippen molar-refractivity contribution in [2.24, 2.45) is 0 Å². The number of ether oxygens (including phenoxy) is 2. The number of fused-ring (bicyclic) bond motifs is 1. The molecule has 0 aliphatic carbocycles. The molecule has 6 heteroatoms. The Morgan fingerprint density at radius 3 is 2.66 bits per heavy atom. The molecular weight excluding hydrogens is 366 g/mol. The zero-order chi connectivity index (χ0) is 20.4. The van der Waals surface area contributed by atoms with Gasteiger partial charge in [-0.15, -0.1) is 0 Å². The Morgan fingerprint density at radius 1 is 1.07 bits per heavy atom. The fourth-order valence-corrected chi connectivity index (χ4v) is 3.67. The van der Waals surface area contributed by atoms with E-state index in [2.05, 4.69) is 23.3 Å². The summed E-state index contributed by atoms with van der Waals surface area (Å²) in [5.74, 6) is 1.10. The van der Waals surface area contributed by atoms with Crippen LogP contribution in [-0.4, -0.2) is 25.1 Å². The summed E-state index contributed by atoms with van der Waals surface area (Å²) in [5.41, 5.74) is 4.03. The smallest absolute Gasteiger partial charge is 0.262 e. The Bertz CT molecular complexity index is 1050. The van der Waals surface area contributed by atoms with Crippen molar-refractivity contribution in [2.45, 2.75) is 19.5 Å². The van der Waals surface area contributed by atoms with Gasteiger partial charge in [0.25, 0.3) is 5.91 Å². The van der Waals surface area contributed by atoms with Crippen molar-refractivity contribution in [3.05, 3.63) is 77.6 Å². The maximum absolute atomic E-state index is 13.4. The third-order valence-electron chi connectivity index (χ3n) is 5.14. The highest BCUT2D eigenvalue weighted by Gasteiger charge is 2.40. The van der Waals surface area contributed by atoms with Crippen LogP contribution < -0.4 is 19.7 Å². The summed E-state index contributed by atoms with van der Waals surface area (Å²) in [6, 6.07) is 17.1. The molecule has 0 bridgehead atoms. The van der Waals surface area contributed by atoms with Crippen molar-refractivity contribution in [2.75, 3.05) is 24.4 Å². The minimum atomic E-state index is -0.465. The zero-order valence-corrected chi connectivity index (χ0v) is 16.7. The van der Waals surface area contributed by atoms with E-state index in [1.54, 1.807) is 43.5 Å². The van der Waals surface area contributed by atoms with Crippen LogP contribution in [0.1, 0.15) is 34.7 Å². The Balaban J connectivity index is 1.85. The first-order chi connectivity index (χ1) is 14.2. The number of nitrogens with one attached hydrogen (secondary N) is 1. The van der Waals surface area contributed by atoms with Gasteiger partial charge in [0.15, 0.2) is 6.17 Å². The Morgan fingerprint density at radius 2 is 1.90 bits per heavy atom. The molecule has 148 valence electrons. The van der Waals surface area contributed by atoms with Crippen LogP contribution >= 0.6 is 0 Å². The molecule has 1 atom stereocenters. The molecule has 4 rings (SSSR count). The first-order valence-corrected chi connectivity index (χ1v) is 9.52. The largest absolute Gasteiger partial charge is 0.497 e. The van der Waals surface area contributed by atoms with E-state index in [9.17, 15) is 4.79 Å². The summed E-state index contributed by atoms with van der Waals surface area (Å²) >= 11 is 0. The topological polar surface area (TPSA) is 63.7 Å². The van der Waals surface area contributed by atoms with E-state index in [4.69, 9.17) is 9.47 Å². The van der Waals surface area contributed by atoms with Crippen molar-refractivity contribution in [3.8, 4) is 11.5 Å². The van der Waals surface area contributed by atoms with E-state index in [0.717, 1.165) is 12.1 Å². The van der Waals surface area contributed by atoms with Gasteiger partial charge in [0.05, 0.1) is 31.2 Å². The number of anilines is 2. The van der Waals surface area contributed by atoms with E-state index in [1.807, 2.05) is 30.3 Å². The van der Waals surface area contributed by atoms with Crippen LogP contribution in [0.25, 0.3) is 0 Å². The quantitative estimate of drug-likeness (QED) is 0.676. The van der Waals surface area contributed by atoms with Gasteiger partial charge < -0.3 is 14.8 Å². The molecule has 0 spiro atoms. The van der Waals surface area contributed by atoms with Gasteiger partial charge in [-0.3, -0.25) is 14.7 Å². The van der Waals surface area contributed by atoms with Crippen molar-refractivity contribution >= 4 is 17.3 Å². The van der Waals surface area contributed by atoms with Gasteiger partial charge in [-0.05, 0) is 42.3 Å². The lowest BCUT2D eigenvalue weighted by Gasteiger charge is -2.28. The number of hydrogen-bond donors (Lipinski definition) is 1. The molecule has 2 aromatic carbocycles. The van der Waals surface area contributed by atoms with E-state index >= 15 is 0 Å². The number of para-hydroxylation sites is 1. The zero-order valence-electron chi connectivity index (χ0n) is 16.7. The predicted molar refractivity (Wildman–Crippen MR) is 113 cm³/mol. The molecule has 0 radical (unpaired) electrons. The summed E-state index contributed by atoms with van der Waals surface area (Å²) in [5, 5.41) is 3.53. The van der Waals surface area contributed by atoms with Gasteiger partial charge in [-0.25, -0.2) is 0 Å². The van der Waals surface area contributed by atoms with Gasteiger partial charge in [0.1, 0.15) is 11.5 Å². The maximum Gasteiger partial charge on any atom is 0.262 e. The molecule has 1 aliphatic rings. The highest BCUT2D eigenvalue weighted by atomic mass is 16.5. The second-order valence-corrected chi connectivity index (χ2v) is 6.71. The third-order valence-corrected chi connectivity index (χ3v) is 5.14. The number of carbonyl (C=O) groups excluding carboxylic acids is 1. The molecule has 1 N–H and O–H groups in total. The number of aryl methyl sites for hydroxylation is 1. The second kappa shape index (κ2) is 7.83. The lowest BCUT2D eigenvalue weighted by molar-refractivity contribution is 0.0992. The monoisotopic (exact) mass is 389 g/mol. The fraction of sp³-hybridized carbons (Fsp3) is 0.217. The standard InChI is InChI=1S/C23H23N3O3/c1-4-15-8-5-6-10-18(15)25-22-21-17(9-7-13-24-21)23(27)26(22)19-14-16(28-2)11-12-20(19)29-3/h5-14,22,25H,4H2,1-3H3. The SMILES string of the molecule is CCc1ccccc1NC1c2ncccc2C(=O)N1c1cc(OC)ccc1OC. The highest BCUT2D eigenvalue weighted by molar-refractivity contribution is 6.11. The second-order valence-electron chi connectivity index (χ2n) is 6.71. The number of aromatic nitrogens is 1. The summed E-state index contributed by atoms with van der Waals surface area (Å²) < 4.78 is 10.9. The summed E-state index contributed by atoms with van der Waals surface area (Å²) in [6.45, 7) is 2.11. The van der Waals surface area contributed by atoms with E-state index in [-0.39, 0.29) is 5.91 Å².